The van der Waals surface area contributed by atoms with E-state index < -0.39 is 5.97 Å². The number of hydrogen-bond donors (Lipinski definition) is 2. The lowest BCUT2D eigenvalue weighted by molar-refractivity contribution is -0.137. The Hall–Kier alpha value is -1.70. The van der Waals surface area contributed by atoms with E-state index in [4.69, 9.17) is 11.5 Å². The predicted octanol–water partition coefficient (Wildman–Crippen LogP) is 1.05. The van der Waals surface area contributed by atoms with Gasteiger partial charge in [0.1, 0.15) is 6.54 Å². The van der Waals surface area contributed by atoms with Crippen molar-refractivity contribution >= 4 is 12.0 Å². The molecular weight excluding hydrogens is 220 g/mol. The van der Waals surface area contributed by atoms with Gasteiger partial charge in [0, 0.05) is 5.54 Å². The zero-order valence-electron chi connectivity index (χ0n) is 10.0. The summed E-state index contributed by atoms with van der Waals surface area (Å²) in [4.78, 5) is 23.6. The van der Waals surface area contributed by atoms with Gasteiger partial charge in [-0.2, -0.15) is 0 Å². The first kappa shape index (κ1) is 13.4. The fourth-order valence-corrected chi connectivity index (χ4v) is 1.95. The van der Waals surface area contributed by atoms with Crippen LogP contribution in [0.2, 0.25) is 0 Å². The van der Waals surface area contributed by atoms with Gasteiger partial charge >= 0.3 is 12.0 Å². The third-order valence-electron chi connectivity index (χ3n) is 3.26. The maximum Gasteiger partial charge on any atom is 0.323 e. The summed E-state index contributed by atoms with van der Waals surface area (Å²) in [6.07, 6.45) is 8.98. The van der Waals surface area contributed by atoms with Crippen LogP contribution in [0.25, 0.3) is 0 Å². The number of carbonyl (C=O) groups excluding carboxylic acids is 1. The van der Waals surface area contributed by atoms with E-state index in [1.165, 1.54) is 0 Å². The van der Waals surface area contributed by atoms with Crippen molar-refractivity contribution in [2.24, 2.45) is 0 Å². The van der Waals surface area contributed by atoms with E-state index in [9.17, 15) is 9.59 Å². The molecule has 0 radical (unpaired) electrons. The topological polar surface area (TPSA) is 69.6 Å². The molecule has 0 aromatic heterocycles. The fourth-order valence-electron chi connectivity index (χ4n) is 1.95. The molecule has 5 nitrogen and oxygen atoms in total. The Labute approximate surface area is 101 Å². The van der Waals surface area contributed by atoms with Crippen LogP contribution in [0.4, 0.5) is 4.79 Å². The van der Waals surface area contributed by atoms with E-state index in [1.54, 1.807) is 0 Å². The molecule has 0 saturated heterocycles. The van der Waals surface area contributed by atoms with Gasteiger partial charge in [0.25, 0.3) is 0 Å². The molecule has 1 saturated carbocycles. The predicted molar refractivity (Wildman–Crippen MR) is 63.4 cm³/mol. The Morgan fingerprint density at radius 3 is 2.53 bits per heavy atom. The lowest BCUT2D eigenvalue weighted by Gasteiger charge is -2.42. The molecule has 94 valence electrons. The highest BCUT2D eigenvalue weighted by atomic mass is 16.4. The summed E-state index contributed by atoms with van der Waals surface area (Å²) in [5, 5.41) is 11.6. The second-order valence-corrected chi connectivity index (χ2v) is 4.37. The second-order valence-electron chi connectivity index (χ2n) is 4.37. The van der Waals surface area contributed by atoms with E-state index in [-0.39, 0.29) is 24.7 Å². The molecule has 0 bridgehead atoms. The van der Waals surface area contributed by atoms with Gasteiger partial charge in [-0.05, 0) is 25.7 Å². The van der Waals surface area contributed by atoms with Gasteiger partial charge in [0.2, 0.25) is 0 Å². The molecule has 1 aliphatic carbocycles. The Kier molecular flexibility index (Phi) is 4.38. The van der Waals surface area contributed by atoms with Gasteiger partial charge in [0.05, 0.1) is 6.54 Å². The number of carboxylic acids is 1. The maximum absolute atomic E-state index is 11.9. The lowest BCUT2D eigenvalue weighted by atomic mass is 9.75. The van der Waals surface area contributed by atoms with Crippen LogP contribution >= 0.6 is 0 Å². The zero-order chi connectivity index (χ0) is 12.9. The molecule has 2 amide bonds. The molecule has 0 atom stereocenters. The van der Waals surface area contributed by atoms with E-state index >= 15 is 0 Å². The second kappa shape index (κ2) is 5.58. The minimum atomic E-state index is -1.06. The van der Waals surface area contributed by atoms with Gasteiger partial charge < -0.3 is 15.3 Å². The number of aliphatic carboxylic acids is 1. The van der Waals surface area contributed by atoms with E-state index in [2.05, 4.69) is 11.2 Å². The molecule has 5 heteroatoms. The Balaban J connectivity index is 2.58. The summed E-state index contributed by atoms with van der Waals surface area (Å²) in [5.41, 5.74) is -0.150. The number of carboxylic acid groups (broad SMARTS) is 1. The highest BCUT2D eigenvalue weighted by Gasteiger charge is 2.37. The molecule has 0 aromatic rings. The monoisotopic (exact) mass is 238 g/mol. The van der Waals surface area contributed by atoms with E-state index in [0.29, 0.717) is 0 Å². The molecule has 1 aliphatic rings. The van der Waals surface area contributed by atoms with Crippen molar-refractivity contribution in [2.75, 3.05) is 13.1 Å². The molecule has 17 heavy (non-hydrogen) atoms. The summed E-state index contributed by atoms with van der Waals surface area (Å²) in [6, 6.07) is -0.383. The normalized spacial score (nSPS) is 16.5. The van der Waals surface area contributed by atoms with Crippen molar-refractivity contribution in [1.82, 2.24) is 10.2 Å². The van der Waals surface area contributed by atoms with Crippen LogP contribution in [-0.4, -0.2) is 40.6 Å². The first-order valence-corrected chi connectivity index (χ1v) is 5.75. The van der Waals surface area contributed by atoms with E-state index in [1.807, 2.05) is 6.92 Å². The van der Waals surface area contributed by atoms with Gasteiger partial charge in [-0.25, -0.2) is 4.79 Å². The van der Waals surface area contributed by atoms with E-state index in [0.717, 1.165) is 30.6 Å². The van der Waals surface area contributed by atoms with Gasteiger partial charge in [-0.1, -0.05) is 12.8 Å². The third-order valence-corrected chi connectivity index (χ3v) is 3.26. The fraction of sp³-hybridized carbons (Fsp3) is 0.667. The Bertz CT molecular complexity index is 337. The molecule has 0 aliphatic heterocycles. The average molecular weight is 238 g/mol. The molecule has 2 N–H and O–H groups in total. The summed E-state index contributed by atoms with van der Waals surface area (Å²) in [7, 11) is 0. The number of urea groups is 1. The first-order chi connectivity index (χ1) is 8.03. The van der Waals surface area contributed by atoms with Crippen LogP contribution in [0, 0.1) is 12.3 Å². The molecule has 0 heterocycles. The standard InChI is InChI=1S/C12H18N2O3/c1-3-8-14(9-10(15)16)11(17)13-12(4-2)6-5-7-12/h1H,4-9H2,2H3,(H,13,17)(H,15,16). The summed E-state index contributed by atoms with van der Waals surface area (Å²) in [5.74, 6) is 1.24. The Morgan fingerprint density at radius 2 is 2.18 bits per heavy atom. The molecule has 1 rings (SSSR count). The first-order valence-electron chi connectivity index (χ1n) is 5.75. The van der Waals surface area contributed by atoms with Crippen molar-refractivity contribution in [3.05, 3.63) is 0 Å². The van der Waals surface area contributed by atoms with Crippen molar-refractivity contribution in [3.63, 3.8) is 0 Å². The van der Waals surface area contributed by atoms with Crippen LogP contribution in [0.3, 0.4) is 0 Å². The minimum absolute atomic E-state index is 0.0118. The molecular formula is C12H18N2O3. The number of terminal acetylenes is 1. The van der Waals surface area contributed by atoms with Crippen LogP contribution in [0.15, 0.2) is 0 Å². The van der Waals surface area contributed by atoms with Crippen LogP contribution < -0.4 is 5.32 Å². The number of hydrogen-bond acceptors (Lipinski definition) is 2. The van der Waals surface area contributed by atoms with Gasteiger partial charge in [-0.3, -0.25) is 4.79 Å². The SMILES string of the molecule is C#CCN(CC(=O)O)C(=O)NC1(CC)CCC1. The molecule has 1 fully saturated rings. The molecule has 0 aromatic carbocycles. The summed E-state index contributed by atoms with van der Waals surface area (Å²) >= 11 is 0. The summed E-state index contributed by atoms with van der Waals surface area (Å²) < 4.78 is 0. The summed E-state index contributed by atoms with van der Waals surface area (Å²) in [6.45, 7) is 1.66. The number of nitrogens with one attached hydrogen (secondary N) is 1. The van der Waals surface area contributed by atoms with Crippen LogP contribution in [0.1, 0.15) is 32.6 Å². The smallest absolute Gasteiger partial charge is 0.323 e. The van der Waals surface area contributed by atoms with Crippen molar-refractivity contribution in [1.29, 1.82) is 0 Å². The number of carbonyl (C=O) groups is 2. The number of nitrogens with zero attached hydrogens (tertiary/aromatic N) is 1. The lowest BCUT2D eigenvalue weighted by Crippen LogP contribution is -2.57. The quantitative estimate of drug-likeness (QED) is 0.703. The average Bonchev–Trinajstić information content (AvgIpc) is 2.22. The number of amides is 2. The van der Waals surface area contributed by atoms with Crippen molar-refractivity contribution in [3.8, 4) is 12.3 Å². The van der Waals surface area contributed by atoms with Crippen LogP contribution in [-0.2, 0) is 4.79 Å². The Morgan fingerprint density at radius 1 is 1.53 bits per heavy atom. The van der Waals surface area contributed by atoms with Gasteiger partial charge in [-0.15, -0.1) is 6.42 Å². The molecule has 0 unspecified atom stereocenters. The minimum Gasteiger partial charge on any atom is -0.480 e. The van der Waals surface area contributed by atoms with Gasteiger partial charge in [0.15, 0.2) is 0 Å². The van der Waals surface area contributed by atoms with Crippen molar-refractivity contribution in [2.45, 2.75) is 38.1 Å². The zero-order valence-corrected chi connectivity index (χ0v) is 10.0. The molecule has 0 spiro atoms. The maximum atomic E-state index is 11.9. The number of rotatable bonds is 5. The van der Waals surface area contributed by atoms with Crippen molar-refractivity contribution < 1.29 is 14.7 Å². The third kappa shape index (κ3) is 3.38. The highest BCUT2D eigenvalue weighted by molar-refractivity contribution is 5.81. The largest absolute Gasteiger partial charge is 0.480 e. The van der Waals surface area contributed by atoms with Crippen LogP contribution in [0.5, 0.6) is 0 Å². The highest BCUT2D eigenvalue weighted by Crippen LogP contribution is 2.34.